The summed E-state index contributed by atoms with van der Waals surface area (Å²) in [5.41, 5.74) is 0. The van der Waals surface area contributed by atoms with Gasteiger partial charge in [0.2, 0.25) is 0 Å². The maximum absolute atomic E-state index is 6.65. The van der Waals surface area contributed by atoms with Crippen molar-refractivity contribution in [3.8, 4) is 0 Å². The summed E-state index contributed by atoms with van der Waals surface area (Å²) in [7, 11) is 0. The zero-order chi connectivity index (χ0) is 18.6. The number of hydrogen-bond acceptors (Lipinski definition) is 1. The summed E-state index contributed by atoms with van der Waals surface area (Å²) >= 11 is 7.07. The van der Waals surface area contributed by atoms with E-state index in [4.69, 9.17) is 4.74 Å². The van der Waals surface area contributed by atoms with E-state index in [0.717, 1.165) is 10.7 Å². The Kier molecular flexibility index (Phi) is 22.0. The van der Waals surface area contributed by atoms with Gasteiger partial charge in [-0.3, -0.25) is 0 Å². The molecule has 3 heteroatoms. The summed E-state index contributed by atoms with van der Waals surface area (Å²) in [6, 6.07) is 0. The molecular weight excluding hydrogens is 440 g/mol. The van der Waals surface area contributed by atoms with E-state index >= 15 is 0 Å². The van der Waals surface area contributed by atoms with Crippen LogP contribution in [0.4, 0.5) is 0 Å². The minimum absolute atomic E-state index is 0.508. The van der Waals surface area contributed by atoms with E-state index in [1.165, 1.54) is 103 Å². The van der Waals surface area contributed by atoms with Crippen molar-refractivity contribution in [1.29, 1.82) is 0 Å². The van der Waals surface area contributed by atoms with Gasteiger partial charge in [-0.1, -0.05) is 110 Å². The van der Waals surface area contributed by atoms with Crippen LogP contribution in [0.3, 0.4) is 0 Å². The second-order valence-corrected chi connectivity index (χ2v) is 9.03. The van der Waals surface area contributed by atoms with Crippen molar-refractivity contribution in [2.75, 3.05) is 10.7 Å². The lowest BCUT2D eigenvalue weighted by atomic mass is 10.0. The Bertz CT molecular complexity index is 224. The summed E-state index contributed by atoms with van der Waals surface area (Å²) in [5.74, 6) is 0. The van der Waals surface area contributed by atoms with Crippen molar-refractivity contribution in [3.63, 3.8) is 0 Å². The monoisotopic (exact) mass is 482 g/mol. The van der Waals surface area contributed by atoms with Crippen molar-refractivity contribution in [1.82, 2.24) is 0 Å². The zero-order valence-corrected chi connectivity index (χ0v) is 20.2. The predicted molar refractivity (Wildman–Crippen MR) is 121 cm³/mol. The highest BCUT2D eigenvalue weighted by molar-refractivity contribution is 9.09. The van der Waals surface area contributed by atoms with E-state index in [9.17, 15) is 0 Å². The molecule has 0 aliphatic heterocycles. The maximum atomic E-state index is 6.65. The largest absolute Gasteiger partial charge is 0.375 e. The van der Waals surface area contributed by atoms with Crippen LogP contribution in [-0.2, 0) is 4.74 Å². The van der Waals surface area contributed by atoms with E-state index < -0.39 is 0 Å². The summed E-state index contributed by atoms with van der Waals surface area (Å²) in [6.45, 7) is 4.59. The van der Waals surface area contributed by atoms with Gasteiger partial charge >= 0.3 is 0 Å². The molecule has 0 saturated heterocycles. The Hall–Kier alpha value is 0.920. The number of ether oxygens (including phenoxy) is 1. The van der Waals surface area contributed by atoms with Gasteiger partial charge in [0.15, 0.2) is 0 Å². The molecule has 0 aromatic heterocycles. The lowest BCUT2D eigenvalue weighted by Gasteiger charge is -2.25. The van der Waals surface area contributed by atoms with Gasteiger partial charge in [0.25, 0.3) is 0 Å². The van der Waals surface area contributed by atoms with Gasteiger partial charge in [0.1, 0.15) is 0 Å². The molecule has 0 aromatic carbocycles. The molecule has 0 fully saturated rings. The van der Waals surface area contributed by atoms with E-state index in [-0.39, 0.29) is 0 Å². The third kappa shape index (κ3) is 18.1. The average molecular weight is 484 g/mol. The summed E-state index contributed by atoms with van der Waals surface area (Å²) < 4.78 is 6.65. The van der Waals surface area contributed by atoms with Crippen LogP contribution in [0.15, 0.2) is 0 Å². The topological polar surface area (TPSA) is 9.23 Å². The van der Waals surface area contributed by atoms with Crippen LogP contribution in [0, 0.1) is 0 Å². The van der Waals surface area contributed by atoms with Crippen LogP contribution in [-0.4, -0.2) is 22.9 Å². The lowest BCUT2D eigenvalue weighted by Crippen LogP contribution is -2.23. The van der Waals surface area contributed by atoms with Gasteiger partial charge in [-0.2, -0.15) is 0 Å². The Morgan fingerprint density at radius 3 is 1.24 bits per heavy atom. The molecule has 0 heterocycles. The number of unbranched alkanes of at least 4 members (excludes halogenated alkanes) is 8. The van der Waals surface area contributed by atoms with Crippen molar-refractivity contribution < 1.29 is 4.74 Å². The number of alkyl halides is 2. The Morgan fingerprint density at radius 2 is 0.880 bits per heavy atom. The lowest BCUT2D eigenvalue weighted by molar-refractivity contribution is -0.0320. The molecule has 0 amide bonds. The second kappa shape index (κ2) is 21.2. The summed E-state index contributed by atoms with van der Waals surface area (Å²) in [6.07, 6.45) is 22.1. The van der Waals surface area contributed by atoms with Gasteiger partial charge < -0.3 is 4.74 Å². The average Bonchev–Trinajstić information content (AvgIpc) is 2.63. The van der Waals surface area contributed by atoms with Gasteiger partial charge in [-0.25, -0.2) is 0 Å². The molecule has 0 radical (unpaired) electrons. The molecule has 0 bridgehead atoms. The number of rotatable bonds is 20. The smallest absolute Gasteiger partial charge is 0.0578 e. The Labute approximate surface area is 175 Å². The van der Waals surface area contributed by atoms with E-state index in [2.05, 4.69) is 45.7 Å². The first kappa shape index (κ1) is 25.9. The highest BCUT2D eigenvalue weighted by atomic mass is 79.9. The first-order chi connectivity index (χ1) is 12.3. The minimum atomic E-state index is 0.508. The molecule has 0 aliphatic rings. The SMILES string of the molecule is CCCCC(CCCCCCBr)OC(CCCC)CCCCCCBr. The summed E-state index contributed by atoms with van der Waals surface area (Å²) in [5, 5.41) is 2.30. The quantitative estimate of drug-likeness (QED) is 0.124. The van der Waals surface area contributed by atoms with E-state index in [0.29, 0.717) is 12.2 Å². The van der Waals surface area contributed by atoms with Crippen LogP contribution < -0.4 is 0 Å². The Morgan fingerprint density at radius 1 is 0.520 bits per heavy atom. The van der Waals surface area contributed by atoms with Crippen LogP contribution in [0.25, 0.3) is 0 Å². The first-order valence-corrected chi connectivity index (χ1v) is 13.3. The fraction of sp³-hybridized carbons (Fsp3) is 1.00. The van der Waals surface area contributed by atoms with Gasteiger partial charge in [-0.05, 0) is 38.5 Å². The van der Waals surface area contributed by atoms with Crippen molar-refractivity contribution in [3.05, 3.63) is 0 Å². The fourth-order valence-corrected chi connectivity index (χ4v) is 4.13. The van der Waals surface area contributed by atoms with Crippen molar-refractivity contribution in [2.24, 2.45) is 0 Å². The van der Waals surface area contributed by atoms with Crippen molar-refractivity contribution in [2.45, 2.75) is 129 Å². The molecule has 2 atom stereocenters. The molecule has 0 spiro atoms. The van der Waals surface area contributed by atoms with Crippen molar-refractivity contribution >= 4 is 31.9 Å². The third-order valence-electron chi connectivity index (χ3n) is 4.96. The predicted octanol–water partition coefficient (Wildman–Crippen LogP) is 8.81. The standard InChI is InChI=1S/C22H44Br2O/c1-3-5-15-21(17-11-7-9-13-19-23)25-22(16-6-4-2)18-12-8-10-14-20-24/h21-22H,3-20H2,1-2H3. The number of halogens is 2. The fourth-order valence-electron chi connectivity index (χ4n) is 3.34. The van der Waals surface area contributed by atoms with Gasteiger partial charge in [0.05, 0.1) is 12.2 Å². The Balaban J connectivity index is 4.23. The molecule has 0 saturated carbocycles. The molecule has 0 aliphatic carbocycles. The molecule has 152 valence electrons. The maximum Gasteiger partial charge on any atom is 0.0578 e. The van der Waals surface area contributed by atoms with Crippen LogP contribution in [0.1, 0.15) is 117 Å². The normalized spacial score (nSPS) is 13.9. The third-order valence-corrected chi connectivity index (χ3v) is 6.09. The van der Waals surface area contributed by atoms with Crippen LogP contribution >= 0.6 is 31.9 Å². The highest BCUT2D eigenvalue weighted by Crippen LogP contribution is 2.21. The van der Waals surface area contributed by atoms with E-state index in [1.54, 1.807) is 0 Å². The minimum Gasteiger partial charge on any atom is -0.375 e. The van der Waals surface area contributed by atoms with Gasteiger partial charge in [0, 0.05) is 10.7 Å². The molecule has 2 unspecified atom stereocenters. The summed E-state index contributed by atoms with van der Waals surface area (Å²) in [4.78, 5) is 0. The molecular formula is C22H44Br2O. The molecule has 25 heavy (non-hydrogen) atoms. The number of hydrogen-bond donors (Lipinski definition) is 0. The zero-order valence-electron chi connectivity index (χ0n) is 17.0. The van der Waals surface area contributed by atoms with E-state index in [1.807, 2.05) is 0 Å². The second-order valence-electron chi connectivity index (χ2n) is 7.45. The molecule has 0 N–H and O–H groups in total. The molecule has 0 rings (SSSR count). The molecule has 1 nitrogen and oxygen atoms in total. The first-order valence-electron chi connectivity index (χ1n) is 11.1. The molecule has 0 aromatic rings. The van der Waals surface area contributed by atoms with Gasteiger partial charge in [-0.15, -0.1) is 0 Å². The highest BCUT2D eigenvalue weighted by Gasteiger charge is 2.16. The van der Waals surface area contributed by atoms with Crippen LogP contribution in [0.5, 0.6) is 0 Å². The van der Waals surface area contributed by atoms with Crippen LogP contribution in [0.2, 0.25) is 0 Å².